The fourth-order valence-electron chi connectivity index (χ4n) is 3.04. The Morgan fingerprint density at radius 3 is 2.72 bits per heavy atom. The van der Waals surface area contributed by atoms with Crippen molar-refractivity contribution in [1.29, 1.82) is 0 Å². The van der Waals surface area contributed by atoms with Gasteiger partial charge in [0.1, 0.15) is 6.17 Å². The Bertz CT molecular complexity index is 327. The molecule has 2 nitrogen and oxygen atoms in total. The Labute approximate surface area is 110 Å². The van der Waals surface area contributed by atoms with Gasteiger partial charge in [-0.15, -0.1) is 0 Å². The molecule has 2 aliphatic rings. The highest BCUT2D eigenvalue weighted by atomic mass is 19.1. The second-order valence-electron chi connectivity index (χ2n) is 6.47. The minimum Gasteiger partial charge on any atom is -0.371 e. The van der Waals surface area contributed by atoms with Crippen molar-refractivity contribution in [3.63, 3.8) is 0 Å². The van der Waals surface area contributed by atoms with Gasteiger partial charge in [0.05, 0.1) is 24.4 Å². The largest absolute Gasteiger partial charge is 0.371 e. The highest BCUT2D eigenvalue weighted by Crippen LogP contribution is 2.51. The van der Waals surface area contributed by atoms with Crippen LogP contribution in [-0.2, 0) is 9.47 Å². The molecule has 0 bridgehead atoms. The van der Waals surface area contributed by atoms with E-state index in [0.29, 0.717) is 19.4 Å². The van der Waals surface area contributed by atoms with E-state index < -0.39 is 6.17 Å². The molecule has 1 heterocycles. The van der Waals surface area contributed by atoms with Crippen LogP contribution in [0.15, 0.2) is 11.6 Å². The first-order valence-electron chi connectivity index (χ1n) is 6.91. The molecule has 0 N–H and O–H groups in total. The van der Waals surface area contributed by atoms with Crippen LogP contribution in [0.5, 0.6) is 0 Å². The van der Waals surface area contributed by atoms with Crippen LogP contribution >= 0.6 is 0 Å². The van der Waals surface area contributed by atoms with Gasteiger partial charge in [-0.3, -0.25) is 0 Å². The van der Waals surface area contributed by atoms with Crippen LogP contribution in [0.2, 0.25) is 0 Å². The van der Waals surface area contributed by atoms with Crippen molar-refractivity contribution in [2.45, 2.75) is 64.3 Å². The van der Waals surface area contributed by atoms with Gasteiger partial charge in [0.2, 0.25) is 0 Å². The van der Waals surface area contributed by atoms with Gasteiger partial charge >= 0.3 is 0 Å². The molecule has 0 aromatic heterocycles. The standard InChI is InChI=1S/C15H25FO2/c1-11(2)6-8-17-14(3,4)13-9-12(16)5-7-15(13)10-18-15/h6,12-13H,5,7-10H2,1-4H3. The molecular weight excluding hydrogens is 231 g/mol. The summed E-state index contributed by atoms with van der Waals surface area (Å²) < 4.78 is 25.3. The molecule has 104 valence electrons. The van der Waals surface area contributed by atoms with E-state index in [0.717, 1.165) is 13.0 Å². The molecule has 18 heavy (non-hydrogen) atoms. The van der Waals surface area contributed by atoms with Gasteiger partial charge in [0.25, 0.3) is 0 Å². The SMILES string of the molecule is CC(C)=CCOC(C)(C)C1CC(F)CCC12CO2. The molecule has 1 saturated heterocycles. The zero-order chi connectivity index (χ0) is 13.4. The van der Waals surface area contributed by atoms with E-state index >= 15 is 0 Å². The van der Waals surface area contributed by atoms with Gasteiger partial charge in [-0.1, -0.05) is 11.6 Å². The summed E-state index contributed by atoms with van der Waals surface area (Å²) in [7, 11) is 0. The third kappa shape index (κ3) is 2.94. The maximum Gasteiger partial charge on any atom is 0.101 e. The Kier molecular flexibility index (Phi) is 3.84. The quantitative estimate of drug-likeness (QED) is 0.565. The first kappa shape index (κ1) is 14.0. The van der Waals surface area contributed by atoms with Crippen molar-refractivity contribution in [2.75, 3.05) is 13.2 Å². The number of halogens is 1. The van der Waals surface area contributed by atoms with Crippen LogP contribution in [0.1, 0.15) is 47.0 Å². The van der Waals surface area contributed by atoms with Gasteiger partial charge in [0.15, 0.2) is 0 Å². The summed E-state index contributed by atoms with van der Waals surface area (Å²) in [6, 6.07) is 0. The van der Waals surface area contributed by atoms with E-state index in [4.69, 9.17) is 9.47 Å². The van der Waals surface area contributed by atoms with Crippen LogP contribution in [0.25, 0.3) is 0 Å². The molecule has 1 spiro atoms. The molecule has 3 unspecified atom stereocenters. The lowest BCUT2D eigenvalue weighted by Gasteiger charge is -2.41. The second kappa shape index (κ2) is 4.93. The number of hydrogen-bond donors (Lipinski definition) is 0. The van der Waals surface area contributed by atoms with Crippen molar-refractivity contribution in [3.8, 4) is 0 Å². The molecule has 2 rings (SSSR count). The molecule has 0 aromatic carbocycles. The molecule has 0 radical (unpaired) electrons. The van der Waals surface area contributed by atoms with Crippen molar-refractivity contribution in [3.05, 3.63) is 11.6 Å². The monoisotopic (exact) mass is 256 g/mol. The molecule has 1 aliphatic carbocycles. The smallest absolute Gasteiger partial charge is 0.101 e. The third-order valence-electron chi connectivity index (χ3n) is 4.31. The van der Waals surface area contributed by atoms with Crippen LogP contribution < -0.4 is 0 Å². The summed E-state index contributed by atoms with van der Waals surface area (Å²) in [5.74, 6) is 0.166. The fourth-order valence-corrected chi connectivity index (χ4v) is 3.04. The first-order valence-corrected chi connectivity index (χ1v) is 6.91. The third-order valence-corrected chi connectivity index (χ3v) is 4.31. The maximum atomic E-state index is 13.7. The summed E-state index contributed by atoms with van der Waals surface area (Å²) >= 11 is 0. The van der Waals surface area contributed by atoms with E-state index in [1.807, 2.05) is 0 Å². The van der Waals surface area contributed by atoms with Crippen molar-refractivity contribution >= 4 is 0 Å². The summed E-state index contributed by atoms with van der Waals surface area (Å²) in [6.07, 6.45) is 3.42. The average molecular weight is 256 g/mol. The number of rotatable bonds is 4. The fraction of sp³-hybridized carbons (Fsp3) is 0.867. The van der Waals surface area contributed by atoms with Gasteiger partial charge < -0.3 is 9.47 Å². The van der Waals surface area contributed by atoms with E-state index in [-0.39, 0.29) is 17.1 Å². The van der Waals surface area contributed by atoms with Crippen LogP contribution in [-0.4, -0.2) is 30.6 Å². The Morgan fingerprint density at radius 1 is 1.50 bits per heavy atom. The molecule has 2 fully saturated rings. The lowest BCUT2D eigenvalue weighted by Crippen LogP contribution is -2.48. The highest BCUT2D eigenvalue weighted by molar-refractivity contribution is 5.08. The lowest BCUT2D eigenvalue weighted by atomic mass is 9.70. The number of alkyl halides is 1. The van der Waals surface area contributed by atoms with E-state index in [9.17, 15) is 4.39 Å². The predicted molar refractivity (Wildman–Crippen MR) is 70.4 cm³/mol. The highest BCUT2D eigenvalue weighted by Gasteiger charge is 2.59. The average Bonchev–Trinajstić information content (AvgIpc) is 3.02. The molecule has 0 amide bonds. The van der Waals surface area contributed by atoms with Gasteiger partial charge in [0, 0.05) is 5.92 Å². The lowest BCUT2D eigenvalue weighted by molar-refractivity contribution is -0.0942. The second-order valence-corrected chi connectivity index (χ2v) is 6.47. The van der Waals surface area contributed by atoms with E-state index in [1.165, 1.54) is 5.57 Å². The number of hydrogen-bond acceptors (Lipinski definition) is 2. The molecule has 1 aliphatic heterocycles. The number of epoxide rings is 1. The zero-order valence-electron chi connectivity index (χ0n) is 12.0. The molecule has 3 heteroatoms. The van der Waals surface area contributed by atoms with Crippen molar-refractivity contribution < 1.29 is 13.9 Å². The molecule has 0 aromatic rings. The van der Waals surface area contributed by atoms with Crippen molar-refractivity contribution in [1.82, 2.24) is 0 Å². The predicted octanol–water partition coefficient (Wildman–Crippen LogP) is 3.66. The topological polar surface area (TPSA) is 21.8 Å². The Morgan fingerprint density at radius 2 is 2.17 bits per heavy atom. The van der Waals surface area contributed by atoms with E-state index in [2.05, 4.69) is 33.8 Å². The minimum absolute atomic E-state index is 0.0862. The normalized spacial score (nSPS) is 35.6. The summed E-state index contributed by atoms with van der Waals surface area (Å²) in [5.41, 5.74) is 0.833. The van der Waals surface area contributed by atoms with Gasteiger partial charge in [-0.05, 0) is 47.0 Å². The summed E-state index contributed by atoms with van der Waals surface area (Å²) in [5, 5.41) is 0. The van der Waals surface area contributed by atoms with Gasteiger partial charge in [-0.25, -0.2) is 4.39 Å². The first-order chi connectivity index (χ1) is 8.36. The Hall–Kier alpha value is -0.410. The van der Waals surface area contributed by atoms with Crippen LogP contribution in [0.3, 0.4) is 0 Å². The number of ether oxygens (including phenoxy) is 2. The number of allylic oxidation sites excluding steroid dienone is 1. The van der Waals surface area contributed by atoms with E-state index in [1.54, 1.807) is 0 Å². The van der Waals surface area contributed by atoms with Crippen LogP contribution in [0, 0.1) is 5.92 Å². The summed E-state index contributed by atoms with van der Waals surface area (Å²) in [4.78, 5) is 0. The zero-order valence-corrected chi connectivity index (χ0v) is 12.0. The molecule has 3 atom stereocenters. The van der Waals surface area contributed by atoms with Crippen LogP contribution in [0.4, 0.5) is 4.39 Å². The molecular formula is C15H25FO2. The maximum absolute atomic E-state index is 13.7. The summed E-state index contributed by atoms with van der Waals surface area (Å²) in [6.45, 7) is 9.62. The minimum atomic E-state index is -0.698. The van der Waals surface area contributed by atoms with Crippen molar-refractivity contribution in [2.24, 2.45) is 5.92 Å². The molecule has 1 saturated carbocycles. The van der Waals surface area contributed by atoms with Gasteiger partial charge in [-0.2, -0.15) is 0 Å². The Balaban J connectivity index is 2.00.